The Morgan fingerprint density at radius 2 is 2.10 bits per heavy atom. The van der Waals surface area contributed by atoms with Crippen LogP contribution >= 0.6 is 0 Å². The molecule has 2 N–H and O–H groups in total. The van der Waals surface area contributed by atoms with Gasteiger partial charge in [-0.25, -0.2) is 0 Å². The SMILES string of the molecule is CCNC(=NCC1CCCO1)NCCCN1CCOCC1. The molecule has 0 aliphatic carbocycles. The largest absolute Gasteiger partial charge is 0.379 e. The Morgan fingerprint density at radius 1 is 1.24 bits per heavy atom. The van der Waals surface area contributed by atoms with E-state index in [2.05, 4.69) is 27.4 Å². The van der Waals surface area contributed by atoms with Gasteiger partial charge in [0.05, 0.1) is 25.9 Å². The van der Waals surface area contributed by atoms with Crippen molar-refractivity contribution in [3.63, 3.8) is 0 Å². The molecular formula is C15H30N4O2. The molecule has 2 saturated heterocycles. The van der Waals surface area contributed by atoms with Gasteiger partial charge in [0.15, 0.2) is 5.96 Å². The molecule has 0 saturated carbocycles. The third kappa shape index (κ3) is 6.63. The van der Waals surface area contributed by atoms with Crippen LogP contribution in [0.2, 0.25) is 0 Å². The molecule has 0 aromatic heterocycles. The quantitative estimate of drug-likeness (QED) is 0.406. The summed E-state index contributed by atoms with van der Waals surface area (Å²) in [5.41, 5.74) is 0. The van der Waals surface area contributed by atoms with Gasteiger partial charge in [-0.05, 0) is 32.7 Å². The molecule has 6 nitrogen and oxygen atoms in total. The summed E-state index contributed by atoms with van der Waals surface area (Å²) in [6, 6.07) is 0. The normalized spacial score (nSPS) is 24.2. The molecule has 0 aromatic carbocycles. The smallest absolute Gasteiger partial charge is 0.191 e. The summed E-state index contributed by atoms with van der Waals surface area (Å²) in [5.74, 6) is 0.912. The Bertz CT molecular complexity index is 300. The molecule has 2 fully saturated rings. The van der Waals surface area contributed by atoms with E-state index < -0.39 is 0 Å². The zero-order chi connectivity index (χ0) is 14.8. The number of nitrogens with zero attached hydrogens (tertiary/aromatic N) is 2. The van der Waals surface area contributed by atoms with Crippen LogP contribution in [0.3, 0.4) is 0 Å². The first-order valence-electron chi connectivity index (χ1n) is 8.32. The van der Waals surface area contributed by atoms with Gasteiger partial charge < -0.3 is 20.1 Å². The molecule has 6 heteroatoms. The van der Waals surface area contributed by atoms with E-state index in [4.69, 9.17) is 9.47 Å². The first-order valence-corrected chi connectivity index (χ1v) is 8.32. The summed E-state index contributed by atoms with van der Waals surface area (Å²) in [6.45, 7) is 10.6. The fourth-order valence-corrected chi connectivity index (χ4v) is 2.66. The van der Waals surface area contributed by atoms with Crippen molar-refractivity contribution in [3.8, 4) is 0 Å². The number of aliphatic imine (C=N–C) groups is 1. The van der Waals surface area contributed by atoms with Gasteiger partial charge in [0.2, 0.25) is 0 Å². The van der Waals surface area contributed by atoms with Crippen LogP contribution in [0.25, 0.3) is 0 Å². The van der Waals surface area contributed by atoms with Gasteiger partial charge in [-0.15, -0.1) is 0 Å². The van der Waals surface area contributed by atoms with Crippen LogP contribution in [-0.2, 0) is 9.47 Å². The second kappa shape index (κ2) is 9.97. The maximum atomic E-state index is 5.61. The topological polar surface area (TPSA) is 58.1 Å². The Hall–Kier alpha value is -0.850. The lowest BCUT2D eigenvalue weighted by Crippen LogP contribution is -2.41. The highest BCUT2D eigenvalue weighted by molar-refractivity contribution is 5.79. The molecule has 1 atom stereocenters. The van der Waals surface area contributed by atoms with E-state index in [1.54, 1.807) is 0 Å². The van der Waals surface area contributed by atoms with Crippen molar-refractivity contribution in [1.29, 1.82) is 0 Å². The maximum absolute atomic E-state index is 5.61. The molecule has 0 radical (unpaired) electrons. The highest BCUT2D eigenvalue weighted by Gasteiger charge is 2.15. The number of rotatable bonds is 7. The molecule has 0 amide bonds. The lowest BCUT2D eigenvalue weighted by Gasteiger charge is -2.26. The number of nitrogens with one attached hydrogen (secondary N) is 2. The lowest BCUT2D eigenvalue weighted by atomic mass is 10.2. The van der Waals surface area contributed by atoms with E-state index in [-0.39, 0.29) is 0 Å². The second-order valence-electron chi connectivity index (χ2n) is 5.59. The van der Waals surface area contributed by atoms with E-state index in [9.17, 15) is 0 Å². The summed E-state index contributed by atoms with van der Waals surface area (Å²) in [4.78, 5) is 7.08. The molecule has 122 valence electrons. The molecule has 2 aliphatic rings. The molecule has 21 heavy (non-hydrogen) atoms. The van der Waals surface area contributed by atoms with Gasteiger partial charge in [-0.3, -0.25) is 9.89 Å². The molecule has 2 aliphatic heterocycles. The molecule has 0 aromatic rings. The molecular weight excluding hydrogens is 268 g/mol. The van der Waals surface area contributed by atoms with Crippen LogP contribution < -0.4 is 10.6 Å². The van der Waals surface area contributed by atoms with E-state index in [1.807, 2.05) is 0 Å². The highest BCUT2D eigenvalue weighted by Crippen LogP contribution is 2.11. The fraction of sp³-hybridized carbons (Fsp3) is 0.933. The predicted octanol–water partition coefficient (Wildman–Crippen LogP) is 0.443. The number of guanidine groups is 1. The number of ether oxygens (including phenoxy) is 2. The first kappa shape index (κ1) is 16.5. The van der Waals surface area contributed by atoms with Gasteiger partial charge in [0.1, 0.15) is 0 Å². The van der Waals surface area contributed by atoms with Crippen LogP contribution in [0.5, 0.6) is 0 Å². The highest BCUT2D eigenvalue weighted by atomic mass is 16.5. The molecule has 2 heterocycles. The van der Waals surface area contributed by atoms with Crippen molar-refractivity contribution in [2.24, 2.45) is 4.99 Å². The summed E-state index contributed by atoms with van der Waals surface area (Å²) in [7, 11) is 0. The molecule has 2 rings (SSSR count). The van der Waals surface area contributed by atoms with Crippen LogP contribution in [-0.4, -0.2) is 76.1 Å². The Kier molecular flexibility index (Phi) is 7.85. The van der Waals surface area contributed by atoms with Gasteiger partial charge in [-0.1, -0.05) is 0 Å². The minimum absolute atomic E-state index is 0.314. The monoisotopic (exact) mass is 298 g/mol. The van der Waals surface area contributed by atoms with Crippen LogP contribution in [0, 0.1) is 0 Å². The number of morpholine rings is 1. The first-order chi connectivity index (χ1) is 10.4. The van der Waals surface area contributed by atoms with E-state index >= 15 is 0 Å². The van der Waals surface area contributed by atoms with Gasteiger partial charge in [0, 0.05) is 32.8 Å². The van der Waals surface area contributed by atoms with Crippen molar-refractivity contribution in [2.45, 2.75) is 32.3 Å². The molecule has 0 spiro atoms. The van der Waals surface area contributed by atoms with Gasteiger partial charge in [0.25, 0.3) is 0 Å². The number of hydrogen-bond acceptors (Lipinski definition) is 4. The van der Waals surface area contributed by atoms with Crippen molar-refractivity contribution in [1.82, 2.24) is 15.5 Å². The predicted molar refractivity (Wildman–Crippen MR) is 84.8 cm³/mol. The van der Waals surface area contributed by atoms with E-state index in [1.165, 1.54) is 6.42 Å². The minimum atomic E-state index is 0.314. The van der Waals surface area contributed by atoms with Crippen LogP contribution in [0.1, 0.15) is 26.2 Å². The standard InChI is InChI=1S/C15H30N4O2/c1-2-16-15(18-13-14-5-3-10-21-14)17-6-4-7-19-8-11-20-12-9-19/h14H,2-13H2,1H3,(H2,16,17,18). The number of hydrogen-bond donors (Lipinski definition) is 2. The van der Waals surface area contributed by atoms with Gasteiger partial charge >= 0.3 is 0 Å². The summed E-state index contributed by atoms with van der Waals surface area (Å²) < 4.78 is 11.0. The Labute approximate surface area is 128 Å². The van der Waals surface area contributed by atoms with E-state index in [0.29, 0.717) is 6.10 Å². The fourth-order valence-electron chi connectivity index (χ4n) is 2.66. The van der Waals surface area contributed by atoms with Crippen LogP contribution in [0.15, 0.2) is 4.99 Å². The van der Waals surface area contributed by atoms with E-state index in [0.717, 1.165) is 77.9 Å². The Balaban J connectivity index is 1.60. The summed E-state index contributed by atoms with van der Waals surface area (Å²) in [5, 5.41) is 6.70. The average molecular weight is 298 g/mol. The van der Waals surface area contributed by atoms with Crippen LogP contribution in [0.4, 0.5) is 0 Å². The van der Waals surface area contributed by atoms with Crippen molar-refractivity contribution in [3.05, 3.63) is 0 Å². The third-order valence-electron chi connectivity index (χ3n) is 3.87. The zero-order valence-corrected chi connectivity index (χ0v) is 13.3. The summed E-state index contributed by atoms with van der Waals surface area (Å²) >= 11 is 0. The third-order valence-corrected chi connectivity index (χ3v) is 3.87. The molecule has 1 unspecified atom stereocenters. The second-order valence-corrected chi connectivity index (χ2v) is 5.59. The average Bonchev–Trinajstić information content (AvgIpc) is 3.03. The minimum Gasteiger partial charge on any atom is -0.379 e. The van der Waals surface area contributed by atoms with Crippen molar-refractivity contribution in [2.75, 3.05) is 59.1 Å². The lowest BCUT2D eigenvalue weighted by molar-refractivity contribution is 0.0376. The maximum Gasteiger partial charge on any atom is 0.191 e. The van der Waals surface area contributed by atoms with Crippen molar-refractivity contribution >= 4 is 5.96 Å². The summed E-state index contributed by atoms with van der Waals surface area (Å²) in [6.07, 6.45) is 3.75. The molecule has 0 bridgehead atoms. The zero-order valence-electron chi connectivity index (χ0n) is 13.3. The van der Waals surface area contributed by atoms with Gasteiger partial charge in [-0.2, -0.15) is 0 Å². The van der Waals surface area contributed by atoms with Crippen molar-refractivity contribution < 1.29 is 9.47 Å². The Morgan fingerprint density at radius 3 is 2.81 bits per heavy atom.